The Labute approximate surface area is 101 Å². The van der Waals surface area contributed by atoms with Crippen LogP contribution in [0, 0.1) is 5.41 Å². The molecule has 0 radical (unpaired) electrons. The highest BCUT2D eigenvalue weighted by molar-refractivity contribution is 7.99. The maximum Gasteiger partial charge on any atom is 0.226 e. The van der Waals surface area contributed by atoms with Crippen LogP contribution < -0.4 is 5.73 Å². The molecular weight excluding hydrogens is 238 g/mol. The molecule has 0 unspecified atom stereocenters. The van der Waals surface area contributed by atoms with E-state index in [4.69, 9.17) is 11.1 Å². The van der Waals surface area contributed by atoms with Gasteiger partial charge < -0.3 is 10.8 Å². The number of amidine groups is 1. The molecule has 0 bridgehead atoms. The van der Waals surface area contributed by atoms with E-state index in [1.807, 2.05) is 0 Å². The largest absolute Gasteiger partial charge is 0.492 e. The van der Waals surface area contributed by atoms with Crippen LogP contribution >= 0.6 is 11.8 Å². The van der Waals surface area contributed by atoms with Crippen molar-refractivity contribution in [2.24, 2.45) is 5.73 Å². The first-order valence-corrected chi connectivity index (χ1v) is 5.47. The third kappa shape index (κ3) is 2.51. The molecule has 0 aliphatic rings. The van der Waals surface area contributed by atoms with E-state index in [-0.39, 0.29) is 11.7 Å². The van der Waals surface area contributed by atoms with Gasteiger partial charge in [-0.15, -0.1) is 0 Å². The van der Waals surface area contributed by atoms with Crippen molar-refractivity contribution in [3.8, 4) is 5.88 Å². The summed E-state index contributed by atoms with van der Waals surface area (Å²) in [6.07, 6.45) is 4.58. The smallest absolute Gasteiger partial charge is 0.226 e. The highest BCUT2D eigenvalue weighted by Gasteiger charge is 2.13. The van der Waals surface area contributed by atoms with Crippen LogP contribution in [-0.2, 0) is 0 Å². The standard InChI is InChI=1S/C10H9N5OS/c11-8(12)6-2-5-13-9(16)7(6)17-10-14-3-1-4-15-10/h1-5H,(H3,11,12)(H,13,16). The molecule has 0 saturated carbocycles. The van der Waals surface area contributed by atoms with Crippen molar-refractivity contribution in [1.82, 2.24) is 15.0 Å². The normalized spacial score (nSPS) is 10.1. The van der Waals surface area contributed by atoms with Gasteiger partial charge in [0.1, 0.15) is 5.84 Å². The third-order valence-corrected chi connectivity index (χ3v) is 2.91. The Kier molecular flexibility index (Phi) is 3.20. The zero-order valence-corrected chi connectivity index (χ0v) is 9.48. The van der Waals surface area contributed by atoms with E-state index in [2.05, 4.69) is 15.0 Å². The minimum absolute atomic E-state index is 0.138. The van der Waals surface area contributed by atoms with E-state index >= 15 is 0 Å². The fraction of sp³-hybridized carbons (Fsp3) is 0. The lowest BCUT2D eigenvalue weighted by molar-refractivity contribution is 0.439. The number of nitrogen functional groups attached to an aromatic ring is 1. The van der Waals surface area contributed by atoms with Gasteiger partial charge >= 0.3 is 0 Å². The molecule has 86 valence electrons. The first-order chi connectivity index (χ1) is 8.18. The molecule has 0 spiro atoms. The summed E-state index contributed by atoms with van der Waals surface area (Å²) in [6, 6.07) is 3.26. The van der Waals surface area contributed by atoms with Crippen LogP contribution in [0.25, 0.3) is 0 Å². The SMILES string of the molecule is N=C(N)c1ccnc(O)c1Sc1ncccn1. The van der Waals surface area contributed by atoms with E-state index in [1.54, 1.807) is 24.5 Å². The maximum atomic E-state index is 9.66. The van der Waals surface area contributed by atoms with Crippen LogP contribution in [0.3, 0.4) is 0 Å². The van der Waals surface area contributed by atoms with Crippen LogP contribution in [0.15, 0.2) is 40.8 Å². The Morgan fingerprint density at radius 2 is 1.94 bits per heavy atom. The number of hydrogen-bond acceptors (Lipinski definition) is 6. The molecule has 7 heteroatoms. The summed E-state index contributed by atoms with van der Waals surface area (Å²) in [7, 11) is 0. The number of aromatic hydroxyl groups is 1. The van der Waals surface area contributed by atoms with Gasteiger partial charge in [-0.05, 0) is 23.9 Å². The molecule has 4 N–H and O–H groups in total. The van der Waals surface area contributed by atoms with E-state index < -0.39 is 0 Å². The molecule has 6 nitrogen and oxygen atoms in total. The second-order valence-electron chi connectivity index (χ2n) is 3.06. The van der Waals surface area contributed by atoms with Gasteiger partial charge in [-0.25, -0.2) is 15.0 Å². The summed E-state index contributed by atoms with van der Waals surface area (Å²) in [5.41, 5.74) is 5.84. The highest BCUT2D eigenvalue weighted by atomic mass is 32.2. The maximum absolute atomic E-state index is 9.66. The molecular formula is C10H9N5OS. The number of nitrogens with zero attached hydrogens (tertiary/aromatic N) is 3. The molecule has 17 heavy (non-hydrogen) atoms. The molecule has 2 aromatic heterocycles. The lowest BCUT2D eigenvalue weighted by atomic mass is 10.2. The highest BCUT2D eigenvalue weighted by Crippen LogP contribution is 2.33. The topological polar surface area (TPSA) is 109 Å². The predicted octanol–water partition coefficient (Wildman–Crippen LogP) is 1.01. The summed E-state index contributed by atoms with van der Waals surface area (Å²) in [5, 5.41) is 17.5. The first-order valence-electron chi connectivity index (χ1n) is 4.65. The summed E-state index contributed by atoms with van der Waals surface area (Å²) in [4.78, 5) is 12.2. The van der Waals surface area contributed by atoms with Gasteiger partial charge in [0.15, 0.2) is 5.16 Å². The summed E-state index contributed by atoms with van der Waals surface area (Å²) >= 11 is 1.11. The second-order valence-corrected chi connectivity index (χ2v) is 4.04. The molecule has 0 aromatic carbocycles. The molecule has 2 heterocycles. The summed E-state index contributed by atoms with van der Waals surface area (Å²) in [5.74, 6) is -0.323. The summed E-state index contributed by atoms with van der Waals surface area (Å²) in [6.45, 7) is 0. The van der Waals surface area contributed by atoms with Crippen molar-refractivity contribution in [2.75, 3.05) is 0 Å². The molecule has 0 atom stereocenters. The van der Waals surface area contributed by atoms with Gasteiger partial charge in [0, 0.05) is 24.2 Å². The molecule has 0 aliphatic heterocycles. The van der Waals surface area contributed by atoms with Crippen LogP contribution in [0.4, 0.5) is 0 Å². The number of pyridine rings is 1. The fourth-order valence-corrected chi connectivity index (χ4v) is 2.02. The molecule has 2 aromatic rings. The Balaban J connectivity index is 2.41. The van der Waals surface area contributed by atoms with E-state index in [0.717, 1.165) is 11.8 Å². The quantitative estimate of drug-likeness (QED) is 0.424. The van der Waals surface area contributed by atoms with Gasteiger partial charge in [0.05, 0.1) is 4.90 Å². The number of nitrogens with one attached hydrogen (secondary N) is 1. The monoisotopic (exact) mass is 247 g/mol. The Hall–Kier alpha value is -2.15. The van der Waals surface area contributed by atoms with E-state index in [9.17, 15) is 5.11 Å². The van der Waals surface area contributed by atoms with Crippen molar-refractivity contribution in [1.29, 1.82) is 5.41 Å². The number of aromatic nitrogens is 3. The van der Waals surface area contributed by atoms with Crippen LogP contribution in [0.5, 0.6) is 5.88 Å². The van der Waals surface area contributed by atoms with Crippen molar-refractivity contribution in [3.05, 3.63) is 36.3 Å². The minimum Gasteiger partial charge on any atom is -0.492 e. The van der Waals surface area contributed by atoms with E-state index in [0.29, 0.717) is 15.6 Å². The Morgan fingerprint density at radius 3 is 2.59 bits per heavy atom. The predicted molar refractivity (Wildman–Crippen MR) is 63.1 cm³/mol. The average Bonchev–Trinajstić information content (AvgIpc) is 2.33. The van der Waals surface area contributed by atoms with Crippen molar-refractivity contribution < 1.29 is 5.11 Å². The molecule has 0 amide bonds. The first kappa shape index (κ1) is 11.3. The van der Waals surface area contributed by atoms with Gasteiger partial charge in [-0.1, -0.05) is 0 Å². The molecule has 0 saturated heterocycles. The van der Waals surface area contributed by atoms with Gasteiger partial charge in [-0.2, -0.15) is 0 Å². The van der Waals surface area contributed by atoms with Crippen molar-refractivity contribution >= 4 is 17.6 Å². The Morgan fingerprint density at radius 1 is 1.24 bits per heavy atom. The van der Waals surface area contributed by atoms with E-state index in [1.165, 1.54) is 6.20 Å². The number of rotatable bonds is 3. The lowest BCUT2D eigenvalue weighted by Gasteiger charge is -2.07. The van der Waals surface area contributed by atoms with Gasteiger partial charge in [0.2, 0.25) is 5.88 Å². The van der Waals surface area contributed by atoms with Crippen molar-refractivity contribution in [2.45, 2.75) is 10.1 Å². The second kappa shape index (κ2) is 4.79. The Bertz CT molecular complexity index is 546. The average molecular weight is 247 g/mol. The molecule has 0 aliphatic carbocycles. The van der Waals surface area contributed by atoms with Crippen molar-refractivity contribution in [3.63, 3.8) is 0 Å². The van der Waals surface area contributed by atoms with Gasteiger partial charge in [-0.3, -0.25) is 5.41 Å². The molecule has 2 rings (SSSR count). The number of hydrogen-bond donors (Lipinski definition) is 3. The minimum atomic E-state index is -0.185. The molecule has 0 fully saturated rings. The van der Waals surface area contributed by atoms with Gasteiger partial charge in [0.25, 0.3) is 0 Å². The van der Waals surface area contributed by atoms with Crippen LogP contribution in [0.1, 0.15) is 5.56 Å². The third-order valence-electron chi connectivity index (χ3n) is 1.91. The van der Waals surface area contributed by atoms with Crippen LogP contribution in [-0.4, -0.2) is 25.9 Å². The van der Waals surface area contributed by atoms with Crippen LogP contribution in [0.2, 0.25) is 0 Å². The fourth-order valence-electron chi connectivity index (χ4n) is 1.18. The summed E-state index contributed by atoms with van der Waals surface area (Å²) < 4.78 is 0. The zero-order valence-electron chi connectivity index (χ0n) is 8.66. The zero-order chi connectivity index (χ0) is 12.3. The number of nitrogens with two attached hydrogens (primary N) is 1. The lowest BCUT2D eigenvalue weighted by Crippen LogP contribution is -2.12.